The Hall–Kier alpha value is -3.41. The van der Waals surface area contributed by atoms with Crippen LogP contribution in [0.3, 0.4) is 0 Å². The third-order valence-corrected chi connectivity index (χ3v) is 4.25. The fourth-order valence-corrected chi connectivity index (χ4v) is 2.81. The van der Waals surface area contributed by atoms with Crippen molar-refractivity contribution < 1.29 is 9.53 Å². The summed E-state index contributed by atoms with van der Waals surface area (Å²) in [6, 6.07) is 17.6. The standard InChI is InChI=1S/C22H24N4O2/c1-16-5-3-7-18(13-16)15-25-21(27)20-10-12-24-22(26-20)23-11-9-17-6-4-8-19(14-17)28-2/h3-8,10,12-14H,9,11,15H2,1-2H3,(H,25,27)(H,23,24,26). The summed E-state index contributed by atoms with van der Waals surface area (Å²) in [5.41, 5.74) is 3.71. The van der Waals surface area contributed by atoms with E-state index in [-0.39, 0.29) is 5.91 Å². The predicted octanol–water partition coefficient (Wildman–Crippen LogP) is 3.38. The number of aromatic nitrogens is 2. The van der Waals surface area contributed by atoms with Crippen molar-refractivity contribution in [3.63, 3.8) is 0 Å². The Morgan fingerprint density at radius 2 is 1.89 bits per heavy atom. The van der Waals surface area contributed by atoms with E-state index in [1.807, 2.05) is 55.5 Å². The maximum Gasteiger partial charge on any atom is 0.270 e. The Balaban J connectivity index is 1.53. The summed E-state index contributed by atoms with van der Waals surface area (Å²) >= 11 is 0. The highest BCUT2D eigenvalue weighted by molar-refractivity contribution is 5.92. The maximum atomic E-state index is 12.4. The Kier molecular flexibility index (Phi) is 6.57. The Bertz CT molecular complexity index is 943. The van der Waals surface area contributed by atoms with Crippen LogP contribution in [0.25, 0.3) is 0 Å². The molecule has 0 saturated heterocycles. The summed E-state index contributed by atoms with van der Waals surface area (Å²) in [5.74, 6) is 1.05. The number of benzene rings is 2. The average Bonchev–Trinajstić information content (AvgIpc) is 2.72. The molecule has 1 heterocycles. The van der Waals surface area contributed by atoms with E-state index in [9.17, 15) is 4.79 Å². The van der Waals surface area contributed by atoms with Gasteiger partial charge in [0.1, 0.15) is 11.4 Å². The molecule has 0 spiro atoms. The van der Waals surface area contributed by atoms with Crippen molar-refractivity contribution in [3.05, 3.63) is 83.2 Å². The van der Waals surface area contributed by atoms with Crippen LogP contribution in [0.4, 0.5) is 5.95 Å². The molecule has 2 aromatic carbocycles. The molecule has 3 rings (SSSR count). The normalized spacial score (nSPS) is 10.4. The van der Waals surface area contributed by atoms with Crippen LogP contribution in [0.2, 0.25) is 0 Å². The first-order valence-electron chi connectivity index (χ1n) is 9.17. The number of nitrogens with zero attached hydrogens (tertiary/aromatic N) is 2. The van der Waals surface area contributed by atoms with Gasteiger partial charge in [0.15, 0.2) is 0 Å². The van der Waals surface area contributed by atoms with Crippen molar-refractivity contribution in [3.8, 4) is 5.75 Å². The molecule has 1 aromatic heterocycles. The Morgan fingerprint density at radius 1 is 1.07 bits per heavy atom. The zero-order valence-corrected chi connectivity index (χ0v) is 16.1. The number of carbonyl (C=O) groups is 1. The molecule has 1 amide bonds. The molecule has 0 aliphatic heterocycles. The van der Waals surface area contributed by atoms with Crippen LogP contribution in [-0.2, 0) is 13.0 Å². The van der Waals surface area contributed by atoms with Crippen molar-refractivity contribution in [1.29, 1.82) is 0 Å². The fourth-order valence-electron chi connectivity index (χ4n) is 2.81. The number of hydrogen-bond acceptors (Lipinski definition) is 5. The molecular formula is C22H24N4O2. The number of amides is 1. The molecule has 0 radical (unpaired) electrons. The van der Waals surface area contributed by atoms with Crippen LogP contribution >= 0.6 is 0 Å². The molecular weight excluding hydrogens is 352 g/mol. The van der Waals surface area contributed by atoms with Gasteiger partial charge in [0.05, 0.1) is 7.11 Å². The number of ether oxygens (including phenoxy) is 1. The summed E-state index contributed by atoms with van der Waals surface area (Å²) in [5, 5.41) is 6.06. The number of rotatable bonds is 8. The van der Waals surface area contributed by atoms with Crippen LogP contribution in [0.15, 0.2) is 60.8 Å². The lowest BCUT2D eigenvalue weighted by molar-refractivity contribution is 0.0946. The van der Waals surface area contributed by atoms with Gasteiger partial charge in [-0.05, 0) is 42.7 Å². The van der Waals surface area contributed by atoms with Crippen LogP contribution in [-0.4, -0.2) is 29.5 Å². The zero-order chi connectivity index (χ0) is 19.8. The highest BCUT2D eigenvalue weighted by atomic mass is 16.5. The second-order valence-corrected chi connectivity index (χ2v) is 6.47. The topological polar surface area (TPSA) is 76.1 Å². The molecule has 0 fully saturated rings. The van der Waals surface area contributed by atoms with Gasteiger partial charge in [-0.1, -0.05) is 42.0 Å². The molecule has 0 unspecified atom stereocenters. The van der Waals surface area contributed by atoms with Crippen molar-refractivity contribution in [2.75, 3.05) is 19.0 Å². The molecule has 6 heteroatoms. The van der Waals surface area contributed by atoms with Crippen molar-refractivity contribution in [2.45, 2.75) is 19.9 Å². The summed E-state index contributed by atoms with van der Waals surface area (Å²) in [7, 11) is 1.65. The van der Waals surface area contributed by atoms with E-state index in [0.29, 0.717) is 24.7 Å². The number of carbonyl (C=O) groups excluding carboxylic acids is 1. The van der Waals surface area contributed by atoms with Gasteiger partial charge >= 0.3 is 0 Å². The van der Waals surface area contributed by atoms with E-state index in [4.69, 9.17) is 4.74 Å². The first-order valence-corrected chi connectivity index (χ1v) is 9.17. The highest BCUT2D eigenvalue weighted by Gasteiger charge is 2.08. The lowest BCUT2D eigenvalue weighted by Gasteiger charge is -2.08. The van der Waals surface area contributed by atoms with Gasteiger partial charge in [-0.15, -0.1) is 0 Å². The molecule has 0 saturated carbocycles. The molecule has 0 aliphatic carbocycles. The molecule has 6 nitrogen and oxygen atoms in total. The van der Waals surface area contributed by atoms with Crippen molar-refractivity contribution in [1.82, 2.24) is 15.3 Å². The summed E-state index contributed by atoms with van der Waals surface area (Å²) < 4.78 is 5.23. The first-order chi connectivity index (χ1) is 13.6. The summed E-state index contributed by atoms with van der Waals surface area (Å²) in [6.45, 7) is 3.14. The second-order valence-electron chi connectivity index (χ2n) is 6.47. The largest absolute Gasteiger partial charge is 0.497 e. The van der Waals surface area contributed by atoms with Crippen LogP contribution < -0.4 is 15.4 Å². The van der Waals surface area contributed by atoms with Crippen molar-refractivity contribution in [2.24, 2.45) is 0 Å². The molecule has 3 aromatic rings. The molecule has 0 aliphatic rings. The Labute approximate surface area is 165 Å². The number of hydrogen-bond donors (Lipinski definition) is 2. The summed E-state index contributed by atoms with van der Waals surface area (Å²) in [6.07, 6.45) is 2.38. The van der Waals surface area contributed by atoms with E-state index < -0.39 is 0 Å². The zero-order valence-electron chi connectivity index (χ0n) is 16.1. The van der Waals surface area contributed by atoms with Crippen LogP contribution in [0.5, 0.6) is 5.75 Å². The van der Waals surface area contributed by atoms with E-state index in [2.05, 4.69) is 20.6 Å². The van der Waals surface area contributed by atoms with Gasteiger partial charge in [-0.3, -0.25) is 4.79 Å². The van der Waals surface area contributed by atoms with Crippen LogP contribution in [0.1, 0.15) is 27.2 Å². The number of methoxy groups -OCH3 is 1. The minimum Gasteiger partial charge on any atom is -0.497 e. The summed E-state index contributed by atoms with van der Waals surface area (Å²) in [4.78, 5) is 20.9. The third kappa shape index (κ3) is 5.54. The molecule has 2 N–H and O–H groups in total. The number of anilines is 1. The lowest BCUT2D eigenvalue weighted by Crippen LogP contribution is -2.24. The van der Waals surface area contributed by atoms with Gasteiger partial charge < -0.3 is 15.4 Å². The van der Waals surface area contributed by atoms with Crippen molar-refractivity contribution >= 4 is 11.9 Å². The maximum absolute atomic E-state index is 12.4. The SMILES string of the molecule is COc1cccc(CCNc2nccc(C(=O)NCc3cccc(C)c3)n2)c1. The minimum atomic E-state index is -0.222. The fraction of sp³-hybridized carbons (Fsp3) is 0.227. The Morgan fingerprint density at radius 3 is 2.71 bits per heavy atom. The van der Waals surface area contributed by atoms with Crippen LogP contribution in [0, 0.1) is 6.92 Å². The third-order valence-electron chi connectivity index (χ3n) is 4.25. The second kappa shape index (κ2) is 9.50. The molecule has 0 atom stereocenters. The minimum absolute atomic E-state index is 0.222. The molecule has 28 heavy (non-hydrogen) atoms. The number of aryl methyl sites for hydroxylation is 1. The molecule has 0 bridgehead atoms. The van der Waals surface area contributed by atoms with E-state index in [1.165, 1.54) is 0 Å². The van der Waals surface area contributed by atoms with Gasteiger partial charge in [0.2, 0.25) is 5.95 Å². The quantitative estimate of drug-likeness (QED) is 0.630. The smallest absolute Gasteiger partial charge is 0.270 e. The van der Waals surface area contributed by atoms with Gasteiger partial charge in [0, 0.05) is 19.3 Å². The monoisotopic (exact) mass is 376 g/mol. The highest BCUT2D eigenvalue weighted by Crippen LogP contribution is 2.13. The van der Waals surface area contributed by atoms with Gasteiger partial charge in [-0.25, -0.2) is 9.97 Å². The van der Waals surface area contributed by atoms with E-state index in [1.54, 1.807) is 19.4 Å². The lowest BCUT2D eigenvalue weighted by atomic mass is 10.1. The van der Waals surface area contributed by atoms with E-state index in [0.717, 1.165) is 28.9 Å². The number of nitrogens with one attached hydrogen (secondary N) is 2. The van der Waals surface area contributed by atoms with Gasteiger partial charge in [0.25, 0.3) is 5.91 Å². The first kappa shape index (κ1) is 19.4. The van der Waals surface area contributed by atoms with Gasteiger partial charge in [-0.2, -0.15) is 0 Å². The predicted molar refractivity (Wildman–Crippen MR) is 110 cm³/mol. The van der Waals surface area contributed by atoms with E-state index >= 15 is 0 Å². The average molecular weight is 376 g/mol. The molecule has 144 valence electrons.